The van der Waals surface area contributed by atoms with E-state index in [1.807, 2.05) is 0 Å². The Labute approximate surface area is 106 Å². The maximum absolute atomic E-state index is 12.2. The van der Waals surface area contributed by atoms with Crippen LogP contribution >= 0.6 is 0 Å². The van der Waals surface area contributed by atoms with Crippen LogP contribution in [0, 0.1) is 11.8 Å². The van der Waals surface area contributed by atoms with Crippen molar-refractivity contribution < 1.29 is 31.1 Å². The predicted octanol–water partition coefficient (Wildman–Crippen LogP) is 2.22. The molecule has 19 heavy (non-hydrogen) atoms. The minimum atomic E-state index is -5.65. The number of amides is 1. The summed E-state index contributed by atoms with van der Waals surface area (Å²) >= 11 is 0. The number of nitrogens with two attached hydrogens (primary N) is 1. The zero-order chi connectivity index (χ0) is 15.3. The molecule has 0 saturated carbocycles. The van der Waals surface area contributed by atoms with E-state index in [-0.39, 0.29) is 18.9 Å². The van der Waals surface area contributed by atoms with Crippen molar-refractivity contribution in [2.75, 3.05) is 13.1 Å². The number of nitrogens with one attached hydrogen (secondary N) is 1. The summed E-state index contributed by atoms with van der Waals surface area (Å²) < 4.78 is 73.0. The van der Waals surface area contributed by atoms with E-state index in [4.69, 9.17) is 5.73 Å². The Morgan fingerprint density at radius 2 is 1.63 bits per heavy atom. The van der Waals surface area contributed by atoms with Crippen molar-refractivity contribution in [1.82, 2.24) is 5.32 Å². The number of carbonyl (C=O) groups is 1. The first-order valence-corrected chi connectivity index (χ1v) is 5.61. The highest BCUT2D eigenvalue weighted by atomic mass is 19.4. The normalized spacial score (nSPS) is 14.6. The molecule has 0 aliphatic heterocycles. The summed E-state index contributed by atoms with van der Waals surface area (Å²) in [5, 5.41) is 1.66. The lowest BCUT2D eigenvalue weighted by Crippen LogP contribution is -2.48. The monoisotopic (exact) mass is 294 g/mol. The summed E-state index contributed by atoms with van der Waals surface area (Å²) in [6.45, 7) is 1.91. The quantitative estimate of drug-likeness (QED) is 0.583. The molecule has 3 N–H and O–H groups in total. The molecule has 0 aromatic rings. The van der Waals surface area contributed by atoms with Crippen molar-refractivity contribution in [3.05, 3.63) is 0 Å². The van der Waals surface area contributed by atoms with Gasteiger partial charge < -0.3 is 11.1 Å². The summed E-state index contributed by atoms with van der Waals surface area (Å²) in [7, 11) is 0. The number of carbonyl (C=O) groups excluding carboxylic acids is 1. The van der Waals surface area contributed by atoms with Gasteiger partial charge in [0.15, 0.2) is 0 Å². The van der Waals surface area contributed by atoms with Crippen LogP contribution in [0.1, 0.15) is 19.8 Å². The minimum absolute atomic E-state index is 0.0953. The molecule has 0 bridgehead atoms. The maximum atomic E-state index is 12.2. The summed E-state index contributed by atoms with van der Waals surface area (Å²) in [5.74, 6) is -5.95. The van der Waals surface area contributed by atoms with Crippen LogP contribution in [0.4, 0.5) is 26.3 Å². The first kappa shape index (κ1) is 18.0. The fourth-order valence-corrected chi connectivity index (χ4v) is 1.36. The standard InChI is InChI=1S/C10H16F6N2O/c1-6(5-17)3-2-4-18-8(19)7(9(11,12)13)10(14,15)16/h6-7H,2-5,17H2,1H3,(H,18,19). The average molecular weight is 294 g/mol. The SMILES string of the molecule is CC(CN)CCCNC(=O)C(C(F)(F)F)C(F)(F)F. The first-order chi connectivity index (χ1) is 8.50. The summed E-state index contributed by atoms with van der Waals surface area (Å²) in [6.07, 6.45) is -10.5. The molecule has 0 aromatic carbocycles. The number of hydrogen-bond acceptors (Lipinski definition) is 2. The molecule has 0 aromatic heterocycles. The first-order valence-electron chi connectivity index (χ1n) is 5.61. The highest BCUT2D eigenvalue weighted by Gasteiger charge is 2.60. The van der Waals surface area contributed by atoms with E-state index in [1.54, 1.807) is 12.2 Å². The second-order valence-electron chi connectivity index (χ2n) is 4.29. The van der Waals surface area contributed by atoms with Crippen LogP contribution in [0.2, 0.25) is 0 Å². The Morgan fingerprint density at radius 1 is 1.16 bits per heavy atom. The van der Waals surface area contributed by atoms with Crippen molar-refractivity contribution in [2.24, 2.45) is 17.6 Å². The van der Waals surface area contributed by atoms with Crippen LogP contribution in [-0.4, -0.2) is 31.3 Å². The van der Waals surface area contributed by atoms with Crippen LogP contribution in [0.15, 0.2) is 0 Å². The molecule has 1 unspecified atom stereocenters. The van der Waals surface area contributed by atoms with E-state index in [2.05, 4.69) is 0 Å². The second-order valence-corrected chi connectivity index (χ2v) is 4.29. The predicted molar refractivity (Wildman–Crippen MR) is 56.1 cm³/mol. The Morgan fingerprint density at radius 3 is 2.00 bits per heavy atom. The Bertz CT molecular complexity index is 275. The van der Waals surface area contributed by atoms with E-state index in [0.29, 0.717) is 13.0 Å². The second kappa shape index (κ2) is 6.97. The van der Waals surface area contributed by atoms with Crippen molar-refractivity contribution in [3.63, 3.8) is 0 Å². The number of rotatable bonds is 6. The van der Waals surface area contributed by atoms with Gasteiger partial charge in [-0.1, -0.05) is 6.92 Å². The number of alkyl halides is 6. The van der Waals surface area contributed by atoms with E-state index in [1.165, 1.54) is 0 Å². The fraction of sp³-hybridized carbons (Fsp3) is 0.900. The van der Waals surface area contributed by atoms with E-state index >= 15 is 0 Å². The van der Waals surface area contributed by atoms with Gasteiger partial charge in [0.2, 0.25) is 11.8 Å². The van der Waals surface area contributed by atoms with Gasteiger partial charge in [-0.25, -0.2) is 0 Å². The molecule has 1 atom stereocenters. The lowest BCUT2D eigenvalue weighted by Gasteiger charge is -2.22. The maximum Gasteiger partial charge on any atom is 0.409 e. The molecule has 9 heteroatoms. The number of hydrogen-bond donors (Lipinski definition) is 2. The summed E-state index contributed by atoms with van der Waals surface area (Å²) in [5.41, 5.74) is 5.29. The average Bonchev–Trinajstić information content (AvgIpc) is 2.19. The van der Waals surface area contributed by atoms with Crippen molar-refractivity contribution in [2.45, 2.75) is 32.1 Å². The van der Waals surface area contributed by atoms with Gasteiger partial charge in [0.05, 0.1) is 0 Å². The molecule has 0 rings (SSSR count). The highest BCUT2D eigenvalue weighted by molar-refractivity contribution is 5.80. The molecule has 0 spiro atoms. The summed E-state index contributed by atoms with van der Waals surface area (Å²) in [6, 6.07) is 0. The van der Waals surface area contributed by atoms with E-state index in [9.17, 15) is 31.1 Å². The van der Waals surface area contributed by atoms with Crippen LogP contribution in [0.25, 0.3) is 0 Å². The zero-order valence-electron chi connectivity index (χ0n) is 10.2. The molecule has 0 heterocycles. The van der Waals surface area contributed by atoms with Gasteiger partial charge in [-0.3, -0.25) is 4.79 Å². The molecule has 114 valence electrons. The smallest absolute Gasteiger partial charge is 0.355 e. The van der Waals surface area contributed by atoms with Crippen LogP contribution in [0.3, 0.4) is 0 Å². The Hall–Kier alpha value is -0.990. The van der Waals surface area contributed by atoms with Gasteiger partial charge in [-0.2, -0.15) is 26.3 Å². The lowest BCUT2D eigenvalue weighted by molar-refractivity contribution is -0.274. The molecule has 0 aliphatic carbocycles. The van der Waals surface area contributed by atoms with Crippen molar-refractivity contribution >= 4 is 5.91 Å². The van der Waals surface area contributed by atoms with Gasteiger partial charge in [-0.15, -0.1) is 0 Å². The van der Waals surface area contributed by atoms with E-state index in [0.717, 1.165) is 0 Å². The molecule has 1 amide bonds. The Kier molecular flexibility index (Phi) is 6.61. The molecule has 0 fully saturated rings. The van der Waals surface area contributed by atoms with E-state index < -0.39 is 24.2 Å². The topological polar surface area (TPSA) is 55.1 Å². The van der Waals surface area contributed by atoms with Gasteiger partial charge in [-0.05, 0) is 25.3 Å². The minimum Gasteiger partial charge on any atom is -0.355 e. The molecular formula is C10H16F6N2O. The highest BCUT2D eigenvalue weighted by Crippen LogP contribution is 2.39. The van der Waals surface area contributed by atoms with Gasteiger partial charge >= 0.3 is 12.4 Å². The van der Waals surface area contributed by atoms with Crippen molar-refractivity contribution in [1.29, 1.82) is 0 Å². The fourth-order valence-electron chi connectivity index (χ4n) is 1.36. The molecule has 0 saturated heterocycles. The number of halogens is 6. The van der Waals surface area contributed by atoms with Gasteiger partial charge in [0, 0.05) is 6.54 Å². The third-order valence-corrected chi connectivity index (χ3v) is 2.49. The third kappa shape index (κ3) is 6.65. The third-order valence-electron chi connectivity index (χ3n) is 2.49. The molecular weight excluding hydrogens is 278 g/mol. The Balaban J connectivity index is 4.37. The molecule has 0 aliphatic rings. The lowest BCUT2D eigenvalue weighted by atomic mass is 10.1. The molecule has 0 radical (unpaired) electrons. The largest absolute Gasteiger partial charge is 0.409 e. The van der Waals surface area contributed by atoms with Crippen molar-refractivity contribution in [3.8, 4) is 0 Å². The zero-order valence-corrected chi connectivity index (χ0v) is 10.2. The van der Waals surface area contributed by atoms with Crippen LogP contribution < -0.4 is 11.1 Å². The van der Waals surface area contributed by atoms with Gasteiger partial charge in [0.1, 0.15) is 0 Å². The summed E-state index contributed by atoms with van der Waals surface area (Å²) in [4.78, 5) is 11.0. The van der Waals surface area contributed by atoms with Crippen LogP contribution in [-0.2, 0) is 4.79 Å². The van der Waals surface area contributed by atoms with Crippen LogP contribution in [0.5, 0.6) is 0 Å². The van der Waals surface area contributed by atoms with Gasteiger partial charge in [0.25, 0.3) is 0 Å². The molecule has 3 nitrogen and oxygen atoms in total.